The molecule has 1 aliphatic carbocycles. The minimum Gasteiger partial charge on any atom is -0.369 e. The zero-order valence-electron chi connectivity index (χ0n) is 14.2. The molecule has 1 aromatic carbocycles. The van der Waals surface area contributed by atoms with Gasteiger partial charge in [-0.2, -0.15) is 13.5 Å². The molecule has 0 saturated carbocycles. The number of imidazole rings is 1. The van der Waals surface area contributed by atoms with Crippen LogP contribution in [0.25, 0.3) is 4.96 Å². The van der Waals surface area contributed by atoms with Crippen LogP contribution in [0.2, 0.25) is 5.15 Å². The summed E-state index contributed by atoms with van der Waals surface area (Å²) in [6, 6.07) is 5.25. The molecule has 0 saturated heterocycles. The van der Waals surface area contributed by atoms with Gasteiger partial charge in [0.15, 0.2) is 15.1 Å². The average molecular weight is 460 g/mol. The molecule has 0 aliphatic heterocycles. The number of hydrogen-bond acceptors (Lipinski definition) is 6. The number of rotatable bonds is 4. The average Bonchev–Trinajstić information content (AvgIpc) is 3.26. The van der Waals surface area contributed by atoms with Gasteiger partial charge in [-0.3, -0.25) is 9.12 Å². The number of fused-ring (bicyclic) bond motifs is 2. The third-order valence-corrected chi connectivity index (χ3v) is 6.56. The highest BCUT2D eigenvalue weighted by molar-refractivity contribution is 7.92. The molecule has 0 bridgehead atoms. The Hall–Kier alpha value is -2.34. The van der Waals surface area contributed by atoms with Gasteiger partial charge in [-0.05, 0) is 30.5 Å². The van der Waals surface area contributed by atoms with Crippen LogP contribution >= 0.6 is 35.3 Å². The predicted octanol–water partition coefficient (Wildman–Crippen LogP) is 2.20. The summed E-state index contributed by atoms with van der Waals surface area (Å²) < 4.78 is 29.7. The molecule has 5 N–H and O–H groups in total. The van der Waals surface area contributed by atoms with Crippen LogP contribution in [0.5, 0.6) is 0 Å². The lowest BCUT2D eigenvalue weighted by molar-refractivity contribution is 0.596. The Morgan fingerprint density at radius 3 is 2.86 bits per heavy atom. The molecule has 0 radical (unpaired) electrons. The standard InChI is InChI=1S/C15H14ClN7O2S2.ClH/c16-12-13(23-5-6-26-15(23)19-12)27(24,25)22-9-3-1-8-2-4-11(10(8)7-9)20-21-14(17)18;/h1,3,5-7,22H,2,4H2,(H4,17,18,21);1H/b20-11-;. The highest BCUT2D eigenvalue weighted by Gasteiger charge is 2.26. The molecular formula is C15H15Cl2N7O2S2. The summed E-state index contributed by atoms with van der Waals surface area (Å²) in [7, 11) is -3.94. The van der Waals surface area contributed by atoms with Crippen LogP contribution in [-0.2, 0) is 16.4 Å². The summed E-state index contributed by atoms with van der Waals surface area (Å²) in [4.78, 5) is 4.56. The molecular weight excluding hydrogens is 445 g/mol. The summed E-state index contributed by atoms with van der Waals surface area (Å²) in [6.07, 6.45) is 3.06. The van der Waals surface area contributed by atoms with E-state index in [4.69, 9.17) is 23.1 Å². The van der Waals surface area contributed by atoms with Gasteiger partial charge in [0.1, 0.15) is 0 Å². The van der Waals surface area contributed by atoms with E-state index in [1.165, 1.54) is 15.7 Å². The lowest BCUT2D eigenvalue weighted by Crippen LogP contribution is -2.22. The van der Waals surface area contributed by atoms with E-state index in [2.05, 4.69) is 19.9 Å². The maximum atomic E-state index is 12.9. The van der Waals surface area contributed by atoms with Gasteiger partial charge in [-0.15, -0.1) is 28.8 Å². The van der Waals surface area contributed by atoms with Crippen molar-refractivity contribution in [3.63, 3.8) is 0 Å². The number of aromatic nitrogens is 2. The summed E-state index contributed by atoms with van der Waals surface area (Å²) in [5.41, 5.74) is 13.6. The van der Waals surface area contributed by atoms with Crippen LogP contribution in [0.4, 0.5) is 5.69 Å². The zero-order valence-corrected chi connectivity index (χ0v) is 17.4. The third kappa shape index (κ3) is 3.65. The smallest absolute Gasteiger partial charge is 0.281 e. The van der Waals surface area contributed by atoms with Crippen LogP contribution in [0.1, 0.15) is 17.5 Å². The number of benzene rings is 1. The molecule has 28 heavy (non-hydrogen) atoms. The van der Waals surface area contributed by atoms with Crippen molar-refractivity contribution in [2.24, 2.45) is 21.7 Å². The van der Waals surface area contributed by atoms with Gasteiger partial charge in [0.05, 0.1) is 5.71 Å². The molecule has 0 spiro atoms. The predicted molar refractivity (Wildman–Crippen MR) is 113 cm³/mol. The number of aryl methyl sites for hydroxylation is 1. The summed E-state index contributed by atoms with van der Waals surface area (Å²) in [5.74, 6) is -0.136. The van der Waals surface area contributed by atoms with Gasteiger partial charge in [-0.25, -0.2) is 4.98 Å². The fourth-order valence-electron chi connectivity index (χ4n) is 2.92. The van der Waals surface area contributed by atoms with E-state index in [1.807, 2.05) is 6.07 Å². The second kappa shape index (κ2) is 7.59. The van der Waals surface area contributed by atoms with E-state index in [0.29, 0.717) is 22.8 Å². The van der Waals surface area contributed by atoms with Crippen molar-refractivity contribution in [3.05, 3.63) is 46.1 Å². The highest BCUT2D eigenvalue weighted by Crippen LogP contribution is 2.30. The first-order chi connectivity index (χ1) is 12.8. The van der Waals surface area contributed by atoms with Gasteiger partial charge in [0.2, 0.25) is 5.96 Å². The number of halogens is 2. The number of thiazole rings is 1. The maximum Gasteiger partial charge on any atom is 0.281 e. The first-order valence-electron chi connectivity index (χ1n) is 7.78. The maximum absolute atomic E-state index is 12.9. The van der Waals surface area contributed by atoms with Gasteiger partial charge in [-0.1, -0.05) is 17.7 Å². The van der Waals surface area contributed by atoms with Gasteiger partial charge in [0, 0.05) is 22.8 Å². The summed E-state index contributed by atoms with van der Waals surface area (Å²) in [6.45, 7) is 0. The molecule has 9 nitrogen and oxygen atoms in total. The zero-order chi connectivity index (χ0) is 19.2. The van der Waals surface area contributed by atoms with E-state index in [-0.39, 0.29) is 28.5 Å². The fourth-order valence-corrected chi connectivity index (χ4v) is 5.42. The number of nitrogens with one attached hydrogen (secondary N) is 1. The molecule has 0 fully saturated rings. The minimum absolute atomic E-state index is 0. The topological polar surface area (TPSA) is 140 Å². The Bertz CT molecular complexity index is 1210. The lowest BCUT2D eigenvalue weighted by Gasteiger charge is -2.09. The third-order valence-electron chi connectivity index (χ3n) is 4.02. The van der Waals surface area contributed by atoms with Crippen LogP contribution < -0.4 is 16.2 Å². The number of sulfonamides is 1. The Labute approximate surface area is 175 Å². The first-order valence-corrected chi connectivity index (χ1v) is 10.5. The Morgan fingerprint density at radius 2 is 2.11 bits per heavy atom. The van der Waals surface area contributed by atoms with Crippen LogP contribution in [-0.4, -0.2) is 29.5 Å². The molecule has 2 aromatic heterocycles. The van der Waals surface area contributed by atoms with Crippen molar-refractivity contribution in [2.45, 2.75) is 17.9 Å². The molecule has 13 heteroatoms. The SMILES string of the molecule is Cl.NC(N)=N/N=C1/CCc2ccc(NS(=O)(=O)c3c(Cl)nc4sccn34)cc21. The normalized spacial score (nSPS) is 14.7. The fraction of sp³-hybridized carbons (Fsp3) is 0.133. The highest BCUT2D eigenvalue weighted by atomic mass is 35.5. The van der Waals surface area contributed by atoms with Crippen molar-refractivity contribution in [1.82, 2.24) is 9.38 Å². The van der Waals surface area contributed by atoms with Crippen molar-refractivity contribution < 1.29 is 8.42 Å². The lowest BCUT2D eigenvalue weighted by atomic mass is 10.1. The molecule has 148 valence electrons. The molecule has 0 atom stereocenters. The number of nitrogens with zero attached hydrogens (tertiary/aromatic N) is 4. The van der Waals surface area contributed by atoms with Crippen LogP contribution in [0.3, 0.4) is 0 Å². The van der Waals surface area contributed by atoms with E-state index in [1.54, 1.807) is 23.7 Å². The minimum atomic E-state index is -3.94. The quantitative estimate of drug-likeness (QED) is 0.311. The molecule has 0 unspecified atom stereocenters. The second-order valence-corrected chi connectivity index (χ2v) is 8.64. The monoisotopic (exact) mass is 459 g/mol. The van der Waals surface area contributed by atoms with Crippen molar-refractivity contribution in [2.75, 3.05) is 4.72 Å². The Kier molecular flexibility index (Phi) is 5.53. The van der Waals surface area contributed by atoms with Gasteiger partial charge >= 0.3 is 0 Å². The van der Waals surface area contributed by atoms with Crippen molar-refractivity contribution >= 4 is 67.7 Å². The largest absolute Gasteiger partial charge is 0.369 e. The van der Waals surface area contributed by atoms with E-state index < -0.39 is 10.0 Å². The Morgan fingerprint density at radius 1 is 1.32 bits per heavy atom. The number of anilines is 1. The Balaban J connectivity index is 0.00000225. The van der Waals surface area contributed by atoms with Crippen molar-refractivity contribution in [1.29, 1.82) is 0 Å². The summed E-state index contributed by atoms with van der Waals surface area (Å²) >= 11 is 7.34. The molecule has 0 amide bonds. The van der Waals surface area contributed by atoms with Crippen molar-refractivity contribution in [3.8, 4) is 0 Å². The second-order valence-electron chi connectivity index (χ2n) is 5.81. The summed E-state index contributed by atoms with van der Waals surface area (Å²) in [5, 5.41) is 9.28. The molecule has 1 aliphatic rings. The number of guanidine groups is 1. The van der Waals surface area contributed by atoms with Crippen LogP contribution in [0.15, 0.2) is 45.0 Å². The number of hydrogen-bond donors (Lipinski definition) is 3. The first kappa shape index (κ1) is 20.4. The van der Waals surface area contributed by atoms with E-state index >= 15 is 0 Å². The molecule has 3 aromatic rings. The van der Waals surface area contributed by atoms with E-state index in [9.17, 15) is 8.42 Å². The number of nitrogens with two attached hydrogens (primary N) is 2. The van der Waals surface area contributed by atoms with Crippen LogP contribution in [0, 0.1) is 0 Å². The molecule has 4 rings (SSSR count). The van der Waals surface area contributed by atoms with Gasteiger partial charge in [0.25, 0.3) is 10.0 Å². The molecule has 2 heterocycles. The van der Waals surface area contributed by atoms with Gasteiger partial charge < -0.3 is 11.5 Å². The van der Waals surface area contributed by atoms with E-state index in [0.717, 1.165) is 17.5 Å².